The standard InChI is InChI=1S/C16H15ClN2O4S/c1-24(22,23)16-9-10(5-8-15(16)19(20)21)18-14-7-6-11-12(14)3-2-4-13(11)17/h2-5,8-9,14,18H,6-7H2,1H3. The third kappa shape index (κ3) is 3.09. The molecule has 0 radical (unpaired) electrons. The highest BCUT2D eigenvalue weighted by molar-refractivity contribution is 7.90. The molecule has 0 saturated heterocycles. The number of nitro groups is 1. The first-order valence-corrected chi connectivity index (χ1v) is 9.56. The molecule has 0 aromatic heterocycles. The predicted molar refractivity (Wildman–Crippen MR) is 92.3 cm³/mol. The second kappa shape index (κ2) is 6.07. The third-order valence-corrected chi connectivity index (χ3v) is 5.59. The number of hydrogen-bond acceptors (Lipinski definition) is 5. The molecule has 1 aliphatic rings. The Bertz CT molecular complexity index is 928. The van der Waals surface area contributed by atoms with E-state index in [4.69, 9.17) is 11.6 Å². The molecule has 1 atom stereocenters. The fraction of sp³-hybridized carbons (Fsp3) is 0.250. The number of sulfone groups is 1. The van der Waals surface area contributed by atoms with E-state index < -0.39 is 20.4 Å². The van der Waals surface area contributed by atoms with Gasteiger partial charge in [-0.05, 0) is 42.2 Å². The Morgan fingerprint density at radius 2 is 2.04 bits per heavy atom. The number of anilines is 1. The molecule has 0 bridgehead atoms. The maximum absolute atomic E-state index is 11.8. The smallest absolute Gasteiger partial charge is 0.288 e. The molecule has 0 heterocycles. The predicted octanol–water partition coefficient (Wildman–Crippen LogP) is 3.75. The first kappa shape index (κ1) is 16.7. The van der Waals surface area contributed by atoms with Crippen molar-refractivity contribution in [2.45, 2.75) is 23.8 Å². The molecule has 1 unspecified atom stereocenters. The molecule has 1 N–H and O–H groups in total. The first-order chi connectivity index (χ1) is 11.3. The minimum Gasteiger partial charge on any atom is -0.378 e. The zero-order valence-corrected chi connectivity index (χ0v) is 14.4. The van der Waals surface area contributed by atoms with Gasteiger partial charge in [-0.3, -0.25) is 10.1 Å². The zero-order chi connectivity index (χ0) is 17.5. The first-order valence-electron chi connectivity index (χ1n) is 7.29. The van der Waals surface area contributed by atoms with Crippen molar-refractivity contribution in [1.29, 1.82) is 0 Å². The van der Waals surface area contributed by atoms with E-state index in [1.54, 1.807) is 0 Å². The van der Waals surface area contributed by atoms with Crippen LogP contribution in [0.15, 0.2) is 41.3 Å². The van der Waals surface area contributed by atoms with E-state index in [2.05, 4.69) is 5.32 Å². The van der Waals surface area contributed by atoms with Gasteiger partial charge in [0.05, 0.1) is 11.0 Å². The number of nitrogens with one attached hydrogen (secondary N) is 1. The van der Waals surface area contributed by atoms with Crippen molar-refractivity contribution >= 4 is 32.8 Å². The van der Waals surface area contributed by atoms with Crippen LogP contribution in [-0.4, -0.2) is 19.6 Å². The molecule has 2 aromatic rings. The Morgan fingerprint density at radius 3 is 2.71 bits per heavy atom. The minimum atomic E-state index is -3.70. The number of fused-ring (bicyclic) bond motifs is 1. The largest absolute Gasteiger partial charge is 0.378 e. The molecule has 0 saturated carbocycles. The number of nitro benzene ring substituents is 1. The van der Waals surface area contributed by atoms with Gasteiger partial charge in [-0.15, -0.1) is 0 Å². The van der Waals surface area contributed by atoms with Gasteiger partial charge in [0.15, 0.2) is 9.84 Å². The fourth-order valence-corrected chi connectivity index (χ4v) is 4.15. The maximum atomic E-state index is 11.8. The van der Waals surface area contributed by atoms with E-state index >= 15 is 0 Å². The number of benzene rings is 2. The van der Waals surface area contributed by atoms with Crippen LogP contribution in [0, 0.1) is 10.1 Å². The molecule has 0 aliphatic heterocycles. The Morgan fingerprint density at radius 1 is 1.29 bits per heavy atom. The number of halogens is 1. The topological polar surface area (TPSA) is 89.3 Å². The van der Waals surface area contributed by atoms with E-state index in [0.29, 0.717) is 5.69 Å². The van der Waals surface area contributed by atoms with Crippen LogP contribution in [-0.2, 0) is 16.3 Å². The van der Waals surface area contributed by atoms with Crippen molar-refractivity contribution in [2.75, 3.05) is 11.6 Å². The van der Waals surface area contributed by atoms with Gasteiger partial charge in [-0.2, -0.15) is 0 Å². The number of hydrogen-bond donors (Lipinski definition) is 1. The molecule has 2 aromatic carbocycles. The second-order valence-corrected chi connectivity index (χ2v) is 8.15. The molecule has 3 rings (SSSR count). The van der Waals surface area contributed by atoms with Crippen LogP contribution in [0.25, 0.3) is 0 Å². The molecule has 0 spiro atoms. The monoisotopic (exact) mass is 366 g/mol. The lowest BCUT2D eigenvalue weighted by atomic mass is 10.1. The van der Waals surface area contributed by atoms with E-state index in [-0.39, 0.29) is 10.9 Å². The van der Waals surface area contributed by atoms with Gasteiger partial charge in [0.1, 0.15) is 4.90 Å². The van der Waals surface area contributed by atoms with Crippen LogP contribution < -0.4 is 5.32 Å². The van der Waals surface area contributed by atoms with Gasteiger partial charge in [0.25, 0.3) is 5.69 Å². The Balaban J connectivity index is 1.96. The molecular formula is C16H15ClN2O4S. The van der Waals surface area contributed by atoms with E-state index in [9.17, 15) is 18.5 Å². The lowest BCUT2D eigenvalue weighted by Gasteiger charge is -2.16. The van der Waals surface area contributed by atoms with Gasteiger partial charge in [-0.1, -0.05) is 23.7 Å². The second-order valence-electron chi connectivity index (χ2n) is 5.75. The summed E-state index contributed by atoms with van der Waals surface area (Å²) in [5.41, 5.74) is 2.26. The molecule has 24 heavy (non-hydrogen) atoms. The molecular weight excluding hydrogens is 352 g/mol. The Hall–Kier alpha value is -2.12. The van der Waals surface area contributed by atoms with Crippen LogP contribution in [0.1, 0.15) is 23.6 Å². The highest BCUT2D eigenvalue weighted by atomic mass is 35.5. The average Bonchev–Trinajstić information content (AvgIpc) is 2.91. The zero-order valence-electron chi connectivity index (χ0n) is 12.8. The summed E-state index contributed by atoms with van der Waals surface area (Å²) in [6.45, 7) is 0. The van der Waals surface area contributed by atoms with Gasteiger partial charge in [0.2, 0.25) is 0 Å². The summed E-state index contributed by atoms with van der Waals surface area (Å²) in [5, 5.41) is 15.0. The summed E-state index contributed by atoms with van der Waals surface area (Å²) in [5.74, 6) is 0. The SMILES string of the molecule is CS(=O)(=O)c1cc(NC2CCc3c(Cl)cccc32)ccc1[N+](=O)[O-]. The van der Waals surface area contributed by atoms with Gasteiger partial charge < -0.3 is 5.32 Å². The van der Waals surface area contributed by atoms with E-state index in [1.807, 2.05) is 18.2 Å². The maximum Gasteiger partial charge on any atom is 0.288 e. The lowest BCUT2D eigenvalue weighted by molar-refractivity contribution is -0.387. The summed E-state index contributed by atoms with van der Waals surface area (Å²) in [6.07, 6.45) is 2.62. The Kier molecular flexibility index (Phi) is 4.23. The van der Waals surface area contributed by atoms with Crippen LogP contribution in [0.5, 0.6) is 0 Å². The summed E-state index contributed by atoms with van der Waals surface area (Å²) in [4.78, 5) is 10.1. The summed E-state index contributed by atoms with van der Waals surface area (Å²) in [7, 11) is -3.70. The number of nitrogens with zero attached hydrogens (tertiary/aromatic N) is 1. The molecule has 0 amide bonds. The normalized spacial score (nSPS) is 16.7. The van der Waals surface area contributed by atoms with Gasteiger partial charge in [-0.25, -0.2) is 8.42 Å². The Labute approximate surface area is 144 Å². The van der Waals surface area contributed by atoms with Crippen molar-refractivity contribution < 1.29 is 13.3 Å². The highest BCUT2D eigenvalue weighted by Gasteiger charge is 2.26. The third-order valence-electron chi connectivity index (χ3n) is 4.11. The van der Waals surface area contributed by atoms with Crippen LogP contribution in [0.4, 0.5) is 11.4 Å². The van der Waals surface area contributed by atoms with Crippen molar-refractivity contribution in [1.82, 2.24) is 0 Å². The molecule has 126 valence electrons. The molecule has 6 nitrogen and oxygen atoms in total. The average molecular weight is 367 g/mol. The highest BCUT2D eigenvalue weighted by Crippen LogP contribution is 2.38. The summed E-state index contributed by atoms with van der Waals surface area (Å²) in [6, 6.07) is 9.75. The fourth-order valence-electron chi connectivity index (χ4n) is 3.01. The van der Waals surface area contributed by atoms with E-state index in [0.717, 1.165) is 35.2 Å². The number of rotatable bonds is 4. The quantitative estimate of drug-likeness (QED) is 0.657. The van der Waals surface area contributed by atoms with Gasteiger partial charge >= 0.3 is 0 Å². The lowest BCUT2D eigenvalue weighted by Crippen LogP contribution is -2.09. The van der Waals surface area contributed by atoms with Crippen molar-refractivity contribution in [2.24, 2.45) is 0 Å². The van der Waals surface area contributed by atoms with Crippen LogP contribution >= 0.6 is 11.6 Å². The molecule has 0 fully saturated rings. The summed E-state index contributed by atoms with van der Waals surface area (Å²) < 4.78 is 23.7. The van der Waals surface area contributed by atoms with Crippen molar-refractivity contribution in [3.8, 4) is 0 Å². The van der Waals surface area contributed by atoms with Crippen molar-refractivity contribution in [3.05, 3.63) is 62.7 Å². The van der Waals surface area contributed by atoms with Gasteiger partial charge in [0, 0.05) is 23.0 Å². The molecule has 8 heteroatoms. The van der Waals surface area contributed by atoms with Crippen molar-refractivity contribution in [3.63, 3.8) is 0 Å². The van der Waals surface area contributed by atoms with Crippen LogP contribution in [0.3, 0.4) is 0 Å². The van der Waals surface area contributed by atoms with Crippen LogP contribution in [0.2, 0.25) is 5.02 Å². The minimum absolute atomic E-state index is 0.00688. The van der Waals surface area contributed by atoms with E-state index in [1.165, 1.54) is 18.2 Å². The molecule has 1 aliphatic carbocycles. The summed E-state index contributed by atoms with van der Waals surface area (Å²) >= 11 is 6.20.